The normalized spacial score (nSPS) is 16.1. The Labute approximate surface area is 197 Å². The standard InChI is InChI=1S/C24H29FN6O3/c1-28(2)15-19-23-26-21(20(32)9-6-16-4-7-17(25)8-5-16)22(33)24(34)31(23)13-12-30(19)14-18-10-11-29(3)27-18/h4-5,7-8,10-11,19,33H,6,9,12-15H2,1-3H3. The van der Waals surface area contributed by atoms with Crippen molar-refractivity contribution < 1.29 is 14.3 Å². The van der Waals surface area contributed by atoms with Crippen molar-refractivity contribution in [2.75, 3.05) is 27.2 Å². The van der Waals surface area contributed by atoms with Crippen LogP contribution in [0.25, 0.3) is 0 Å². The molecule has 0 aliphatic carbocycles. The van der Waals surface area contributed by atoms with E-state index < -0.39 is 17.1 Å². The molecule has 0 fully saturated rings. The van der Waals surface area contributed by atoms with Crippen LogP contribution in [0.5, 0.6) is 5.75 Å². The fourth-order valence-electron chi connectivity index (χ4n) is 4.29. The van der Waals surface area contributed by atoms with Crippen LogP contribution in [0.4, 0.5) is 4.39 Å². The summed E-state index contributed by atoms with van der Waals surface area (Å²) >= 11 is 0. The summed E-state index contributed by atoms with van der Waals surface area (Å²) in [4.78, 5) is 34.7. The van der Waals surface area contributed by atoms with Crippen LogP contribution < -0.4 is 5.56 Å². The van der Waals surface area contributed by atoms with Crippen molar-refractivity contribution in [3.63, 3.8) is 0 Å². The number of carbonyl (C=O) groups is 1. The van der Waals surface area contributed by atoms with Gasteiger partial charge in [-0.05, 0) is 44.3 Å². The Morgan fingerprint density at radius 1 is 1.21 bits per heavy atom. The molecule has 1 unspecified atom stereocenters. The van der Waals surface area contributed by atoms with Crippen molar-refractivity contribution in [2.24, 2.45) is 7.05 Å². The van der Waals surface area contributed by atoms with Gasteiger partial charge in [0, 0.05) is 45.8 Å². The van der Waals surface area contributed by atoms with E-state index in [9.17, 15) is 19.1 Å². The number of aryl methyl sites for hydroxylation is 2. The average molecular weight is 469 g/mol. The number of benzene rings is 1. The highest BCUT2D eigenvalue weighted by atomic mass is 19.1. The Kier molecular flexibility index (Phi) is 6.90. The predicted molar refractivity (Wildman–Crippen MR) is 124 cm³/mol. The van der Waals surface area contributed by atoms with Crippen molar-refractivity contribution in [3.8, 4) is 5.75 Å². The van der Waals surface area contributed by atoms with Crippen molar-refractivity contribution >= 4 is 5.78 Å². The van der Waals surface area contributed by atoms with Gasteiger partial charge in [0.15, 0.2) is 11.5 Å². The maximum absolute atomic E-state index is 13.1. The molecule has 1 N–H and O–H groups in total. The molecule has 0 saturated heterocycles. The molecule has 1 aliphatic rings. The number of rotatable bonds is 8. The third-order valence-electron chi connectivity index (χ3n) is 6.01. The lowest BCUT2D eigenvalue weighted by Crippen LogP contribution is -2.46. The maximum atomic E-state index is 13.1. The molecule has 0 amide bonds. The number of nitrogens with zero attached hydrogens (tertiary/aromatic N) is 6. The Hall–Kier alpha value is -3.37. The van der Waals surface area contributed by atoms with Gasteiger partial charge < -0.3 is 10.0 Å². The Balaban J connectivity index is 1.64. The monoisotopic (exact) mass is 468 g/mol. The molecular formula is C24H29FN6O3. The quantitative estimate of drug-likeness (QED) is 0.503. The molecule has 0 spiro atoms. The van der Waals surface area contributed by atoms with Gasteiger partial charge in [-0.15, -0.1) is 0 Å². The van der Waals surface area contributed by atoms with Crippen LogP contribution in [-0.2, 0) is 26.6 Å². The van der Waals surface area contributed by atoms with Crippen LogP contribution in [0.3, 0.4) is 0 Å². The van der Waals surface area contributed by atoms with Gasteiger partial charge >= 0.3 is 0 Å². The van der Waals surface area contributed by atoms with Crippen LogP contribution in [0.1, 0.15) is 40.0 Å². The Morgan fingerprint density at radius 2 is 1.94 bits per heavy atom. The van der Waals surface area contributed by atoms with Gasteiger partial charge in [0.05, 0.1) is 11.7 Å². The molecule has 0 saturated carbocycles. The SMILES string of the molecule is CN(C)CC1c2nc(C(=O)CCc3ccc(F)cc3)c(O)c(=O)n2CCN1Cc1ccn(C)n1. The third-order valence-corrected chi connectivity index (χ3v) is 6.01. The van der Waals surface area contributed by atoms with E-state index in [2.05, 4.69) is 15.0 Å². The molecule has 180 valence electrons. The second-order valence-corrected chi connectivity index (χ2v) is 8.90. The van der Waals surface area contributed by atoms with E-state index >= 15 is 0 Å². The molecule has 2 aromatic heterocycles. The van der Waals surface area contributed by atoms with Crippen LogP contribution in [0, 0.1) is 5.82 Å². The lowest BCUT2D eigenvalue weighted by molar-refractivity contribution is 0.0959. The summed E-state index contributed by atoms with van der Waals surface area (Å²) in [5.74, 6) is -0.925. The highest BCUT2D eigenvalue weighted by molar-refractivity contribution is 5.96. The lowest BCUT2D eigenvalue weighted by Gasteiger charge is -2.38. The molecule has 0 radical (unpaired) electrons. The number of hydrogen-bond donors (Lipinski definition) is 1. The lowest BCUT2D eigenvalue weighted by atomic mass is 10.0. The van der Waals surface area contributed by atoms with Crippen molar-refractivity contribution in [3.05, 3.63) is 75.5 Å². The summed E-state index contributed by atoms with van der Waals surface area (Å²) in [6, 6.07) is 7.58. The number of likely N-dealkylation sites (N-methyl/N-ethyl adjacent to an activating group) is 1. The van der Waals surface area contributed by atoms with E-state index in [4.69, 9.17) is 0 Å². The topological polar surface area (TPSA) is 96.5 Å². The summed E-state index contributed by atoms with van der Waals surface area (Å²) in [7, 11) is 5.73. The molecule has 34 heavy (non-hydrogen) atoms. The molecule has 1 aliphatic heterocycles. The number of aromatic hydroxyl groups is 1. The van der Waals surface area contributed by atoms with Gasteiger partial charge in [0.2, 0.25) is 5.75 Å². The fourth-order valence-corrected chi connectivity index (χ4v) is 4.29. The molecule has 1 atom stereocenters. The molecule has 10 heteroatoms. The fraction of sp³-hybridized carbons (Fsp3) is 0.417. The number of halogens is 1. The second kappa shape index (κ2) is 9.86. The molecule has 9 nitrogen and oxygen atoms in total. The molecular weight excluding hydrogens is 439 g/mol. The zero-order valence-corrected chi connectivity index (χ0v) is 19.6. The number of Topliss-reactive ketones (excluding diaryl/α,β-unsaturated/α-hetero) is 1. The summed E-state index contributed by atoms with van der Waals surface area (Å²) in [6.45, 7) is 2.09. The van der Waals surface area contributed by atoms with Crippen molar-refractivity contribution in [2.45, 2.75) is 32.0 Å². The minimum absolute atomic E-state index is 0.0467. The smallest absolute Gasteiger partial charge is 0.296 e. The first kappa shape index (κ1) is 23.8. The number of ketones is 1. The third kappa shape index (κ3) is 5.07. The van der Waals surface area contributed by atoms with Gasteiger partial charge in [0.25, 0.3) is 5.56 Å². The summed E-state index contributed by atoms with van der Waals surface area (Å²) in [5, 5.41) is 15.0. The summed E-state index contributed by atoms with van der Waals surface area (Å²) in [6.07, 6.45) is 2.28. The minimum Gasteiger partial charge on any atom is -0.501 e. The average Bonchev–Trinajstić information content (AvgIpc) is 3.21. The minimum atomic E-state index is -0.616. The van der Waals surface area contributed by atoms with Crippen LogP contribution in [0.2, 0.25) is 0 Å². The number of hydrogen-bond acceptors (Lipinski definition) is 7. The number of aromatic nitrogens is 4. The van der Waals surface area contributed by atoms with E-state index in [1.54, 1.807) is 16.8 Å². The van der Waals surface area contributed by atoms with Gasteiger partial charge in [0.1, 0.15) is 11.6 Å². The first-order chi connectivity index (χ1) is 16.2. The highest BCUT2D eigenvalue weighted by Crippen LogP contribution is 2.27. The van der Waals surface area contributed by atoms with Gasteiger partial charge in [-0.25, -0.2) is 9.37 Å². The van der Waals surface area contributed by atoms with E-state index in [1.807, 2.05) is 38.3 Å². The van der Waals surface area contributed by atoms with E-state index in [1.165, 1.54) is 16.7 Å². The first-order valence-electron chi connectivity index (χ1n) is 11.2. The molecule has 1 aromatic carbocycles. The second-order valence-electron chi connectivity index (χ2n) is 8.90. The van der Waals surface area contributed by atoms with Gasteiger partial charge in [-0.2, -0.15) is 5.10 Å². The van der Waals surface area contributed by atoms with E-state index in [-0.39, 0.29) is 24.0 Å². The molecule has 0 bridgehead atoms. The highest BCUT2D eigenvalue weighted by Gasteiger charge is 2.33. The van der Waals surface area contributed by atoms with Gasteiger partial charge in [-0.3, -0.25) is 23.7 Å². The van der Waals surface area contributed by atoms with Crippen molar-refractivity contribution in [1.82, 2.24) is 29.1 Å². The number of carbonyl (C=O) groups excluding carboxylic acids is 1. The Bertz CT molecular complexity index is 1230. The predicted octanol–water partition coefficient (Wildman–Crippen LogP) is 1.76. The van der Waals surface area contributed by atoms with E-state index in [0.717, 1.165) is 11.3 Å². The van der Waals surface area contributed by atoms with Crippen LogP contribution >= 0.6 is 0 Å². The summed E-state index contributed by atoms with van der Waals surface area (Å²) in [5.41, 5.74) is 0.880. The largest absolute Gasteiger partial charge is 0.501 e. The molecule has 4 rings (SSSR count). The van der Waals surface area contributed by atoms with Crippen LogP contribution in [0.15, 0.2) is 41.3 Å². The Morgan fingerprint density at radius 3 is 2.59 bits per heavy atom. The maximum Gasteiger partial charge on any atom is 0.296 e. The molecule has 3 heterocycles. The number of fused-ring (bicyclic) bond motifs is 1. The van der Waals surface area contributed by atoms with Crippen molar-refractivity contribution in [1.29, 1.82) is 0 Å². The van der Waals surface area contributed by atoms with Crippen LogP contribution in [-0.4, -0.2) is 67.2 Å². The zero-order valence-electron chi connectivity index (χ0n) is 19.6. The first-order valence-corrected chi connectivity index (χ1v) is 11.2. The van der Waals surface area contributed by atoms with Gasteiger partial charge in [-0.1, -0.05) is 12.1 Å². The van der Waals surface area contributed by atoms with E-state index in [0.29, 0.717) is 38.4 Å². The zero-order chi connectivity index (χ0) is 24.4. The summed E-state index contributed by atoms with van der Waals surface area (Å²) < 4.78 is 16.4. The molecule has 3 aromatic rings.